The lowest BCUT2D eigenvalue weighted by Crippen LogP contribution is -2.32. The van der Waals surface area contributed by atoms with E-state index in [2.05, 4.69) is 43.0 Å². The quantitative estimate of drug-likeness (QED) is 0.323. The van der Waals surface area contributed by atoms with Gasteiger partial charge in [-0.3, -0.25) is 9.59 Å². The van der Waals surface area contributed by atoms with Crippen molar-refractivity contribution in [1.82, 2.24) is 14.6 Å². The van der Waals surface area contributed by atoms with Gasteiger partial charge in [0, 0.05) is 16.1 Å². The summed E-state index contributed by atoms with van der Waals surface area (Å²) < 4.78 is 1.64. The molecule has 2 aromatic heterocycles. The molecule has 3 aromatic carbocycles. The van der Waals surface area contributed by atoms with Crippen molar-refractivity contribution >= 4 is 45.1 Å². The van der Waals surface area contributed by atoms with Crippen molar-refractivity contribution in [2.45, 2.75) is 32.7 Å². The van der Waals surface area contributed by atoms with Gasteiger partial charge < -0.3 is 4.90 Å². The lowest BCUT2D eigenvalue weighted by Gasteiger charge is -2.18. The third kappa shape index (κ3) is 3.95. The first-order chi connectivity index (χ1) is 17.7. The monoisotopic (exact) mass is 526 g/mol. The number of rotatable bonds is 3. The molecule has 184 valence electrons. The van der Waals surface area contributed by atoms with Crippen LogP contribution in [0.2, 0.25) is 5.02 Å². The number of halogens is 1. The average molecular weight is 527 g/mol. The molecule has 0 fully saturated rings. The van der Waals surface area contributed by atoms with Crippen LogP contribution in [-0.2, 0) is 16.8 Å². The van der Waals surface area contributed by atoms with Gasteiger partial charge >= 0.3 is 0 Å². The Morgan fingerprint density at radius 3 is 2.32 bits per heavy atom. The molecule has 0 saturated carbocycles. The number of carbonyl (C=O) groups excluding carboxylic acids is 1. The highest BCUT2D eigenvalue weighted by molar-refractivity contribution is 7.15. The van der Waals surface area contributed by atoms with Crippen LogP contribution >= 0.6 is 22.9 Å². The van der Waals surface area contributed by atoms with Gasteiger partial charge in [0.25, 0.3) is 11.5 Å². The second-order valence-corrected chi connectivity index (χ2v) is 11.5. The van der Waals surface area contributed by atoms with Gasteiger partial charge in [0.1, 0.15) is 4.53 Å². The molecule has 0 radical (unpaired) electrons. The van der Waals surface area contributed by atoms with Crippen LogP contribution in [0.4, 0.5) is 5.69 Å². The Hall–Kier alpha value is -3.81. The van der Waals surface area contributed by atoms with Crippen LogP contribution in [0.3, 0.4) is 0 Å². The number of hydrogen-bond acceptors (Lipinski definition) is 5. The molecule has 37 heavy (non-hydrogen) atoms. The van der Waals surface area contributed by atoms with E-state index in [-0.39, 0.29) is 16.9 Å². The first-order valence-corrected chi connectivity index (χ1v) is 13.1. The normalized spacial score (nSPS) is 15.0. The SMILES string of the molecule is CC(C)(C)c1ccc(-c2nc3sc(=C4C(=O)N(Cc5ccccc5Cl)c5ccccc54)c(=O)n3n2)cc1. The summed E-state index contributed by atoms with van der Waals surface area (Å²) in [4.78, 5) is 33.9. The molecule has 5 aromatic rings. The molecule has 6 nitrogen and oxygen atoms in total. The third-order valence-corrected chi connectivity index (χ3v) is 8.00. The summed E-state index contributed by atoms with van der Waals surface area (Å²) in [6.45, 7) is 6.79. The van der Waals surface area contributed by atoms with E-state index in [4.69, 9.17) is 11.6 Å². The van der Waals surface area contributed by atoms with E-state index in [1.165, 1.54) is 21.4 Å². The second kappa shape index (κ2) is 8.64. The third-order valence-electron chi connectivity index (χ3n) is 6.60. The Balaban J connectivity index is 1.44. The molecule has 0 saturated heterocycles. The first-order valence-electron chi connectivity index (χ1n) is 11.9. The van der Waals surface area contributed by atoms with Crippen molar-refractivity contribution in [3.05, 3.63) is 109 Å². The van der Waals surface area contributed by atoms with Gasteiger partial charge in [-0.2, -0.15) is 9.50 Å². The number of anilines is 1. The largest absolute Gasteiger partial charge is 0.303 e. The van der Waals surface area contributed by atoms with Gasteiger partial charge in [0.15, 0.2) is 5.82 Å². The number of hydrogen-bond donors (Lipinski definition) is 0. The van der Waals surface area contributed by atoms with Crippen LogP contribution in [0.1, 0.15) is 37.5 Å². The van der Waals surface area contributed by atoms with Crippen molar-refractivity contribution in [3.63, 3.8) is 0 Å². The maximum absolute atomic E-state index is 13.7. The highest BCUT2D eigenvalue weighted by Gasteiger charge is 2.34. The van der Waals surface area contributed by atoms with Crippen LogP contribution in [-0.4, -0.2) is 20.5 Å². The molecule has 6 rings (SSSR count). The predicted molar refractivity (Wildman–Crippen MR) is 148 cm³/mol. The fraction of sp³-hybridized carbons (Fsp3) is 0.172. The summed E-state index contributed by atoms with van der Waals surface area (Å²) >= 11 is 7.57. The Bertz CT molecular complexity index is 1800. The Labute approximate surface area is 222 Å². The number of para-hydroxylation sites is 1. The number of benzene rings is 3. The van der Waals surface area contributed by atoms with Crippen LogP contribution in [0.25, 0.3) is 21.9 Å². The molecule has 0 aliphatic carbocycles. The minimum atomic E-state index is -0.345. The van der Waals surface area contributed by atoms with E-state index in [0.29, 0.717) is 32.5 Å². The van der Waals surface area contributed by atoms with Crippen LogP contribution in [0.15, 0.2) is 77.6 Å². The lowest BCUT2D eigenvalue weighted by atomic mass is 9.87. The molecule has 1 amide bonds. The zero-order valence-electron chi connectivity index (χ0n) is 20.5. The minimum absolute atomic E-state index is 0.0403. The first kappa shape index (κ1) is 23.6. The molecular formula is C29H23ClN4O2S. The van der Waals surface area contributed by atoms with Crippen LogP contribution in [0, 0.1) is 0 Å². The van der Waals surface area contributed by atoms with Gasteiger partial charge in [0.05, 0.1) is 17.8 Å². The summed E-state index contributed by atoms with van der Waals surface area (Å²) in [7, 11) is 0. The average Bonchev–Trinajstić information content (AvgIpc) is 3.51. The molecule has 0 spiro atoms. The van der Waals surface area contributed by atoms with Crippen molar-refractivity contribution in [3.8, 4) is 11.4 Å². The molecule has 0 unspecified atom stereocenters. The van der Waals surface area contributed by atoms with Crippen LogP contribution < -0.4 is 15.0 Å². The fourth-order valence-corrected chi connectivity index (χ4v) is 5.77. The Kier molecular flexibility index (Phi) is 5.51. The molecule has 0 N–H and O–H groups in total. The highest BCUT2D eigenvalue weighted by atomic mass is 35.5. The zero-order chi connectivity index (χ0) is 25.9. The van der Waals surface area contributed by atoms with Crippen molar-refractivity contribution < 1.29 is 4.79 Å². The van der Waals surface area contributed by atoms with Gasteiger partial charge in [-0.25, -0.2) is 0 Å². The number of fused-ring (bicyclic) bond motifs is 2. The molecule has 0 bridgehead atoms. The summed E-state index contributed by atoms with van der Waals surface area (Å²) in [6, 6.07) is 23.0. The maximum Gasteiger partial charge on any atom is 0.291 e. The van der Waals surface area contributed by atoms with E-state index < -0.39 is 0 Å². The summed E-state index contributed by atoms with van der Waals surface area (Å²) in [5, 5.41) is 5.08. The maximum atomic E-state index is 13.7. The molecular weight excluding hydrogens is 504 g/mol. The zero-order valence-corrected chi connectivity index (χ0v) is 22.1. The molecule has 1 aliphatic heterocycles. The lowest BCUT2D eigenvalue weighted by molar-refractivity contribution is -0.113. The van der Waals surface area contributed by atoms with E-state index in [0.717, 1.165) is 22.4 Å². The highest BCUT2D eigenvalue weighted by Crippen LogP contribution is 2.37. The summed E-state index contributed by atoms with van der Waals surface area (Å²) in [5.41, 5.74) is 4.42. The number of amides is 1. The van der Waals surface area contributed by atoms with E-state index in [1.807, 2.05) is 54.6 Å². The topological polar surface area (TPSA) is 67.6 Å². The number of thiazole rings is 1. The standard InChI is InChI=1S/C29H23ClN4O2S/c1-29(2,3)19-14-12-17(13-15-19)25-31-28-34(32-25)27(36)24(37-28)23-20-9-5-7-11-22(20)33(26(23)35)16-18-8-4-6-10-21(18)30/h4-15H,16H2,1-3H3. The Morgan fingerprint density at radius 2 is 1.62 bits per heavy atom. The van der Waals surface area contributed by atoms with E-state index in [9.17, 15) is 9.59 Å². The second-order valence-electron chi connectivity index (χ2n) is 10.1. The van der Waals surface area contributed by atoms with Crippen molar-refractivity contribution in [2.75, 3.05) is 4.90 Å². The van der Waals surface area contributed by atoms with Crippen molar-refractivity contribution in [2.24, 2.45) is 0 Å². The number of carbonyl (C=O) groups is 1. The van der Waals surface area contributed by atoms with Gasteiger partial charge in [0.2, 0.25) is 4.96 Å². The molecule has 0 atom stereocenters. The predicted octanol–water partition coefficient (Wildman–Crippen LogP) is 5.23. The van der Waals surface area contributed by atoms with Gasteiger partial charge in [-0.1, -0.05) is 104 Å². The molecule has 3 heterocycles. The van der Waals surface area contributed by atoms with Crippen molar-refractivity contribution in [1.29, 1.82) is 0 Å². The number of aromatic nitrogens is 3. The molecule has 8 heteroatoms. The fourth-order valence-electron chi connectivity index (χ4n) is 4.58. The van der Waals surface area contributed by atoms with Crippen LogP contribution in [0.5, 0.6) is 0 Å². The minimum Gasteiger partial charge on any atom is -0.303 e. The van der Waals surface area contributed by atoms with E-state index in [1.54, 1.807) is 11.0 Å². The number of nitrogens with zero attached hydrogens (tertiary/aromatic N) is 4. The summed E-state index contributed by atoms with van der Waals surface area (Å²) in [6.07, 6.45) is 0. The smallest absolute Gasteiger partial charge is 0.291 e. The summed E-state index contributed by atoms with van der Waals surface area (Å²) in [5.74, 6) is 0.250. The van der Waals surface area contributed by atoms with Gasteiger partial charge in [-0.15, -0.1) is 5.10 Å². The molecule has 1 aliphatic rings. The Morgan fingerprint density at radius 1 is 0.919 bits per heavy atom. The van der Waals surface area contributed by atoms with Gasteiger partial charge in [-0.05, 0) is 28.7 Å². The van der Waals surface area contributed by atoms with E-state index >= 15 is 0 Å².